The average molecular weight is 413 g/mol. The molecule has 1 aromatic heterocycles. The van der Waals surface area contributed by atoms with Gasteiger partial charge >= 0.3 is 0 Å². The number of H-pyrrole nitrogens is 1. The van der Waals surface area contributed by atoms with Gasteiger partial charge in [-0.05, 0) is 50.1 Å². The highest BCUT2D eigenvalue weighted by molar-refractivity contribution is 9.10. The van der Waals surface area contributed by atoms with Gasteiger partial charge in [0.2, 0.25) is 0 Å². The van der Waals surface area contributed by atoms with Gasteiger partial charge in [-0.2, -0.15) is 0 Å². The maximum Gasteiger partial charge on any atom is 0.272 e. The molecule has 18 heavy (non-hydrogen) atoms. The molecular weight excluding hydrogens is 407 g/mol. The fourth-order valence-corrected chi connectivity index (χ4v) is 2.48. The van der Waals surface area contributed by atoms with E-state index in [9.17, 15) is 4.79 Å². The number of halogens is 4. The fraction of sp³-hybridized carbons (Fsp3) is 0. The number of aromatic amines is 1. The Labute approximate surface area is 130 Å². The van der Waals surface area contributed by atoms with E-state index in [1.807, 2.05) is 0 Å². The van der Waals surface area contributed by atoms with Gasteiger partial charge < -0.3 is 10.3 Å². The summed E-state index contributed by atoms with van der Waals surface area (Å²) in [4.78, 5) is 14.7. The molecule has 0 fully saturated rings. The van der Waals surface area contributed by atoms with E-state index in [-0.39, 0.29) is 5.91 Å². The molecule has 1 amide bonds. The van der Waals surface area contributed by atoms with Crippen molar-refractivity contribution in [3.05, 3.63) is 49.1 Å². The summed E-state index contributed by atoms with van der Waals surface area (Å²) in [5.74, 6) is -0.291. The van der Waals surface area contributed by atoms with Gasteiger partial charge in [-0.15, -0.1) is 0 Å². The molecule has 94 valence electrons. The SMILES string of the molecule is O=C(Nc1ccc(Br)c(Cl)c1Cl)c1cc(Br)c[nH]1. The highest BCUT2D eigenvalue weighted by Crippen LogP contribution is 2.35. The highest BCUT2D eigenvalue weighted by atomic mass is 79.9. The molecule has 1 heterocycles. The molecule has 0 aliphatic heterocycles. The third-order valence-electron chi connectivity index (χ3n) is 2.18. The molecule has 0 radical (unpaired) electrons. The minimum Gasteiger partial charge on any atom is -0.356 e. The molecule has 0 atom stereocenters. The first-order chi connectivity index (χ1) is 8.49. The second kappa shape index (κ2) is 5.65. The van der Waals surface area contributed by atoms with Crippen molar-refractivity contribution in [2.45, 2.75) is 0 Å². The van der Waals surface area contributed by atoms with E-state index < -0.39 is 0 Å². The van der Waals surface area contributed by atoms with Crippen LogP contribution in [0.3, 0.4) is 0 Å². The molecule has 0 aliphatic rings. The Morgan fingerprint density at radius 1 is 1.22 bits per heavy atom. The molecule has 0 saturated heterocycles. The Hall–Kier alpha value is -0.490. The van der Waals surface area contributed by atoms with Gasteiger partial charge in [0.1, 0.15) is 5.69 Å². The molecule has 0 aliphatic carbocycles. The third kappa shape index (κ3) is 2.91. The lowest BCUT2D eigenvalue weighted by atomic mass is 10.3. The van der Waals surface area contributed by atoms with Crippen molar-refractivity contribution >= 4 is 66.7 Å². The maximum absolute atomic E-state index is 11.9. The normalized spacial score (nSPS) is 10.4. The van der Waals surface area contributed by atoms with Gasteiger partial charge in [-0.25, -0.2) is 0 Å². The summed E-state index contributed by atoms with van der Waals surface area (Å²) < 4.78 is 1.47. The quantitative estimate of drug-likeness (QED) is 0.662. The molecule has 0 saturated carbocycles. The van der Waals surface area contributed by atoms with Crippen LogP contribution >= 0.6 is 55.1 Å². The van der Waals surface area contributed by atoms with E-state index in [1.54, 1.807) is 24.4 Å². The molecule has 7 heteroatoms. The van der Waals surface area contributed by atoms with Gasteiger partial charge in [-0.3, -0.25) is 4.79 Å². The number of anilines is 1. The molecule has 1 aromatic carbocycles. The Morgan fingerprint density at radius 3 is 2.56 bits per heavy atom. The number of benzene rings is 1. The first-order valence-corrected chi connectivity index (χ1v) is 7.12. The Morgan fingerprint density at radius 2 is 1.94 bits per heavy atom. The molecule has 2 rings (SSSR count). The molecule has 0 unspecified atom stereocenters. The van der Waals surface area contributed by atoms with Crippen LogP contribution in [-0.4, -0.2) is 10.9 Å². The zero-order chi connectivity index (χ0) is 13.3. The summed E-state index contributed by atoms with van der Waals surface area (Å²) in [6.45, 7) is 0. The summed E-state index contributed by atoms with van der Waals surface area (Å²) in [6.07, 6.45) is 1.67. The van der Waals surface area contributed by atoms with Gasteiger partial charge in [-0.1, -0.05) is 23.2 Å². The molecule has 3 nitrogen and oxygen atoms in total. The van der Waals surface area contributed by atoms with Crippen molar-refractivity contribution in [1.29, 1.82) is 0 Å². The monoisotopic (exact) mass is 410 g/mol. The summed E-state index contributed by atoms with van der Waals surface area (Å²) in [6, 6.07) is 5.06. The first-order valence-electron chi connectivity index (χ1n) is 4.78. The second-order valence-corrected chi connectivity index (χ2v) is 5.93. The zero-order valence-electron chi connectivity index (χ0n) is 8.73. The lowest BCUT2D eigenvalue weighted by Gasteiger charge is -2.08. The van der Waals surface area contributed by atoms with Crippen molar-refractivity contribution in [2.75, 3.05) is 5.32 Å². The van der Waals surface area contributed by atoms with Crippen LogP contribution in [0.5, 0.6) is 0 Å². The van der Waals surface area contributed by atoms with Crippen molar-refractivity contribution in [3.8, 4) is 0 Å². The van der Waals surface area contributed by atoms with Crippen LogP contribution in [0.2, 0.25) is 10.0 Å². The summed E-state index contributed by atoms with van der Waals surface area (Å²) in [5.41, 5.74) is 0.887. The number of amides is 1. The van der Waals surface area contributed by atoms with Gasteiger partial charge in [0, 0.05) is 15.1 Å². The van der Waals surface area contributed by atoms with Crippen LogP contribution in [0.4, 0.5) is 5.69 Å². The minimum atomic E-state index is -0.291. The van der Waals surface area contributed by atoms with Gasteiger partial charge in [0.25, 0.3) is 5.91 Å². The predicted molar refractivity (Wildman–Crippen MR) is 80.6 cm³/mol. The third-order valence-corrected chi connectivity index (χ3v) is 4.40. The first kappa shape index (κ1) is 13.9. The minimum absolute atomic E-state index is 0.291. The number of hydrogen-bond acceptors (Lipinski definition) is 1. The van der Waals surface area contributed by atoms with E-state index in [0.717, 1.165) is 4.47 Å². The fourth-order valence-electron chi connectivity index (χ4n) is 1.31. The molecular formula is C11H6Br2Cl2N2O. The number of hydrogen-bond donors (Lipinski definition) is 2. The highest BCUT2D eigenvalue weighted by Gasteiger charge is 2.13. The molecule has 0 bridgehead atoms. The van der Waals surface area contributed by atoms with Crippen LogP contribution < -0.4 is 5.32 Å². The van der Waals surface area contributed by atoms with Crippen LogP contribution in [0.25, 0.3) is 0 Å². The van der Waals surface area contributed by atoms with Crippen LogP contribution in [0, 0.1) is 0 Å². The van der Waals surface area contributed by atoms with Crippen molar-refractivity contribution in [1.82, 2.24) is 4.98 Å². The predicted octanol–water partition coefficient (Wildman–Crippen LogP) is 5.10. The summed E-state index contributed by atoms with van der Waals surface area (Å²) in [7, 11) is 0. The van der Waals surface area contributed by atoms with Crippen LogP contribution in [0.15, 0.2) is 33.3 Å². The molecule has 0 spiro atoms. The Bertz CT molecular complexity index is 613. The van der Waals surface area contributed by atoms with E-state index in [2.05, 4.69) is 42.2 Å². The van der Waals surface area contributed by atoms with Crippen molar-refractivity contribution in [2.24, 2.45) is 0 Å². The molecule has 2 aromatic rings. The number of carbonyl (C=O) groups excluding carboxylic acids is 1. The van der Waals surface area contributed by atoms with Crippen LogP contribution in [0.1, 0.15) is 10.5 Å². The smallest absolute Gasteiger partial charge is 0.272 e. The van der Waals surface area contributed by atoms with Crippen LogP contribution in [-0.2, 0) is 0 Å². The zero-order valence-corrected chi connectivity index (χ0v) is 13.4. The molecule has 2 N–H and O–H groups in total. The largest absolute Gasteiger partial charge is 0.356 e. The van der Waals surface area contributed by atoms with E-state index in [0.29, 0.717) is 25.9 Å². The van der Waals surface area contributed by atoms with Gasteiger partial charge in [0.15, 0.2) is 0 Å². The lowest BCUT2D eigenvalue weighted by Crippen LogP contribution is -2.12. The Balaban J connectivity index is 2.25. The van der Waals surface area contributed by atoms with Gasteiger partial charge in [0.05, 0.1) is 15.7 Å². The summed E-state index contributed by atoms with van der Waals surface area (Å²) >= 11 is 18.5. The Kier molecular flexibility index (Phi) is 4.37. The average Bonchev–Trinajstić information content (AvgIpc) is 2.77. The topological polar surface area (TPSA) is 44.9 Å². The number of carbonyl (C=O) groups is 1. The maximum atomic E-state index is 11.9. The number of nitrogens with one attached hydrogen (secondary N) is 2. The van der Waals surface area contributed by atoms with E-state index in [1.165, 1.54) is 0 Å². The van der Waals surface area contributed by atoms with E-state index in [4.69, 9.17) is 23.2 Å². The number of rotatable bonds is 2. The van der Waals surface area contributed by atoms with E-state index >= 15 is 0 Å². The van der Waals surface area contributed by atoms with Crippen molar-refractivity contribution < 1.29 is 4.79 Å². The lowest BCUT2D eigenvalue weighted by molar-refractivity contribution is 0.102. The summed E-state index contributed by atoms with van der Waals surface area (Å²) in [5, 5.41) is 3.34. The standard InChI is InChI=1S/C11H6Br2Cl2N2O/c12-5-3-8(16-4-5)11(18)17-7-2-1-6(13)9(14)10(7)15/h1-4,16H,(H,17,18). The van der Waals surface area contributed by atoms with Crippen molar-refractivity contribution in [3.63, 3.8) is 0 Å². The number of aromatic nitrogens is 1. The second-order valence-electron chi connectivity index (χ2n) is 3.41.